The SMILES string of the molecule is Cc1ccc2c(c1)c1c3n2CCCN(Cc2ccccc2[N+](=O)[O-])C3CCC1. The topological polar surface area (TPSA) is 51.3 Å². The van der Waals surface area contributed by atoms with Crippen molar-refractivity contribution in [1.29, 1.82) is 0 Å². The normalized spacial score (nSPS) is 19.4. The summed E-state index contributed by atoms with van der Waals surface area (Å²) in [6, 6.07) is 14.4. The lowest BCUT2D eigenvalue weighted by atomic mass is 9.90. The van der Waals surface area contributed by atoms with Crippen molar-refractivity contribution in [2.75, 3.05) is 6.54 Å². The smallest absolute Gasteiger partial charge is 0.273 e. The summed E-state index contributed by atoms with van der Waals surface area (Å²) in [5, 5.41) is 12.9. The molecular formula is C23H25N3O2. The Bertz CT molecular complexity index is 1070. The zero-order valence-corrected chi connectivity index (χ0v) is 16.2. The third kappa shape index (κ3) is 2.73. The van der Waals surface area contributed by atoms with Crippen molar-refractivity contribution in [2.24, 2.45) is 0 Å². The molecule has 0 amide bonds. The first-order valence-corrected chi connectivity index (χ1v) is 10.2. The zero-order chi connectivity index (χ0) is 19.3. The zero-order valence-electron chi connectivity index (χ0n) is 16.2. The number of rotatable bonds is 3. The van der Waals surface area contributed by atoms with Gasteiger partial charge in [0.05, 0.1) is 11.0 Å². The van der Waals surface area contributed by atoms with Crippen molar-refractivity contribution < 1.29 is 4.92 Å². The van der Waals surface area contributed by atoms with Gasteiger partial charge >= 0.3 is 0 Å². The number of para-hydroxylation sites is 1. The van der Waals surface area contributed by atoms with Crippen LogP contribution in [0.1, 0.15) is 47.7 Å². The molecule has 0 fully saturated rings. The third-order valence-corrected chi connectivity index (χ3v) is 6.42. The summed E-state index contributed by atoms with van der Waals surface area (Å²) in [4.78, 5) is 13.7. The Kier molecular flexibility index (Phi) is 4.20. The van der Waals surface area contributed by atoms with Crippen molar-refractivity contribution >= 4 is 16.6 Å². The highest BCUT2D eigenvalue weighted by molar-refractivity contribution is 5.87. The van der Waals surface area contributed by atoms with Crippen LogP contribution in [-0.2, 0) is 19.5 Å². The Morgan fingerprint density at radius 3 is 2.86 bits per heavy atom. The van der Waals surface area contributed by atoms with Crippen molar-refractivity contribution in [3.05, 3.63) is 75.0 Å². The van der Waals surface area contributed by atoms with Gasteiger partial charge in [-0.3, -0.25) is 15.0 Å². The average Bonchev–Trinajstić information content (AvgIpc) is 2.88. The van der Waals surface area contributed by atoms with E-state index in [-0.39, 0.29) is 10.6 Å². The average molecular weight is 375 g/mol. The van der Waals surface area contributed by atoms with E-state index in [0.717, 1.165) is 37.9 Å². The molecule has 5 nitrogen and oxygen atoms in total. The van der Waals surface area contributed by atoms with Gasteiger partial charge in [0.15, 0.2) is 0 Å². The molecule has 5 rings (SSSR count). The van der Waals surface area contributed by atoms with Crippen LogP contribution in [0.15, 0.2) is 42.5 Å². The van der Waals surface area contributed by atoms with Crippen molar-refractivity contribution in [3.63, 3.8) is 0 Å². The van der Waals surface area contributed by atoms with E-state index in [1.807, 2.05) is 12.1 Å². The molecular weight excluding hydrogens is 350 g/mol. The fourth-order valence-electron chi connectivity index (χ4n) is 5.23. The number of hydrogen-bond donors (Lipinski definition) is 0. The van der Waals surface area contributed by atoms with Crippen LogP contribution in [0.2, 0.25) is 0 Å². The number of fused-ring (bicyclic) bond motifs is 3. The molecule has 1 aliphatic heterocycles. The van der Waals surface area contributed by atoms with Gasteiger partial charge in [-0.1, -0.05) is 29.8 Å². The van der Waals surface area contributed by atoms with Gasteiger partial charge in [-0.2, -0.15) is 0 Å². The van der Waals surface area contributed by atoms with Gasteiger partial charge in [0.25, 0.3) is 5.69 Å². The number of nitrogens with zero attached hydrogens (tertiary/aromatic N) is 3. The second-order valence-electron chi connectivity index (χ2n) is 8.15. The van der Waals surface area contributed by atoms with Gasteiger partial charge in [-0.15, -0.1) is 0 Å². The predicted octanol–water partition coefficient (Wildman–Crippen LogP) is 5.14. The molecule has 0 saturated heterocycles. The Morgan fingerprint density at radius 1 is 1.14 bits per heavy atom. The molecule has 28 heavy (non-hydrogen) atoms. The molecule has 1 unspecified atom stereocenters. The van der Waals surface area contributed by atoms with Crippen LogP contribution in [0.25, 0.3) is 10.9 Å². The summed E-state index contributed by atoms with van der Waals surface area (Å²) in [5.74, 6) is 0. The summed E-state index contributed by atoms with van der Waals surface area (Å²) < 4.78 is 2.54. The van der Waals surface area contributed by atoms with E-state index in [4.69, 9.17) is 0 Å². The molecule has 1 atom stereocenters. The number of nitro groups is 1. The molecule has 1 aromatic heterocycles. The highest BCUT2D eigenvalue weighted by Gasteiger charge is 2.34. The quantitative estimate of drug-likeness (QED) is 0.470. The molecule has 0 bridgehead atoms. The van der Waals surface area contributed by atoms with Crippen LogP contribution in [-0.4, -0.2) is 20.9 Å². The van der Waals surface area contributed by atoms with E-state index in [9.17, 15) is 10.1 Å². The largest absolute Gasteiger partial charge is 0.343 e. The van der Waals surface area contributed by atoms with E-state index in [1.165, 1.54) is 34.1 Å². The van der Waals surface area contributed by atoms with Gasteiger partial charge in [0.1, 0.15) is 0 Å². The standard InChI is InChI=1S/C23H25N3O2/c1-16-10-11-21-19(14-16)18-7-4-9-22-23(18)25(21)13-5-12-24(22)15-17-6-2-3-8-20(17)26(27)28/h2-3,6,8,10-11,14,22H,4-5,7,9,12-13,15H2,1H3. The van der Waals surface area contributed by atoms with Gasteiger partial charge in [-0.25, -0.2) is 0 Å². The Morgan fingerprint density at radius 2 is 2.00 bits per heavy atom. The number of nitro benzene ring substituents is 1. The lowest BCUT2D eigenvalue weighted by Crippen LogP contribution is -2.31. The van der Waals surface area contributed by atoms with Gasteiger partial charge < -0.3 is 4.57 Å². The van der Waals surface area contributed by atoms with Gasteiger partial charge in [0, 0.05) is 47.9 Å². The number of benzene rings is 2. The minimum Gasteiger partial charge on any atom is -0.343 e. The maximum atomic E-state index is 11.5. The first kappa shape index (κ1) is 17.4. The van der Waals surface area contributed by atoms with Crippen LogP contribution >= 0.6 is 0 Å². The van der Waals surface area contributed by atoms with Crippen molar-refractivity contribution in [1.82, 2.24) is 9.47 Å². The van der Waals surface area contributed by atoms with E-state index in [1.54, 1.807) is 12.1 Å². The lowest BCUT2D eigenvalue weighted by Gasteiger charge is -2.33. The first-order chi connectivity index (χ1) is 13.6. The molecule has 0 radical (unpaired) electrons. The Labute approximate surface area is 164 Å². The molecule has 0 spiro atoms. The summed E-state index contributed by atoms with van der Waals surface area (Å²) in [5.41, 5.74) is 6.68. The van der Waals surface area contributed by atoms with Crippen LogP contribution in [0.3, 0.4) is 0 Å². The summed E-state index contributed by atoms with van der Waals surface area (Å²) in [7, 11) is 0. The molecule has 3 aromatic rings. The molecule has 2 aliphatic rings. The maximum Gasteiger partial charge on any atom is 0.273 e. The Balaban J connectivity index is 1.59. The molecule has 0 saturated carbocycles. The lowest BCUT2D eigenvalue weighted by molar-refractivity contribution is -0.385. The monoisotopic (exact) mass is 375 g/mol. The van der Waals surface area contributed by atoms with Crippen LogP contribution in [0.4, 0.5) is 5.69 Å². The first-order valence-electron chi connectivity index (χ1n) is 10.2. The van der Waals surface area contributed by atoms with Crippen molar-refractivity contribution in [2.45, 2.75) is 51.7 Å². The molecule has 5 heteroatoms. The fraction of sp³-hybridized carbons (Fsp3) is 0.391. The summed E-state index contributed by atoms with van der Waals surface area (Å²) >= 11 is 0. The molecule has 2 aromatic carbocycles. The second-order valence-corrected chi connectivity index (χ2v) is 8.15. The van der Waals surface area contributed by atoms with Crippen LogP contribution in [0, 0.1) is 17.0 Å². The third-order valence-electron chi connectivity index (χ3n) is 6.42. The van der Waals surface area contributed by atoms with E-state index < -0.39 is 0 Å². The van der Waals surface area contributed by atoms with Crippen LogP contribution in [0.5, 0.6) is 0 Å². The highest BCUT2D eigenvalue weighted by atomic mass is 16.6. The van der Waals surface area contributed by atoms with E-state index in [2.05, 4.69) is 34.6 Å². The highest BCUT2D eigenvalue weighted by Crippen LogP contribution is 2.43. The van der Waals surface area contributed by atoms with Gasteiger partial charge in [0.2, 0.25) is 0 Å². The summed E-state index contributed by atoms with van der Waals surface area (Å²) in [6.45, 7) is 4.81. The van der Waals surface area contributed by atoms with E-state index in [0.29, 0.717) is 12.6 Å². The molecule has 1 aliphatic carbocycles. The minimum absolute atomic E-state index is 0.235. The number of aromatic nitrogens is 1. The Hall–Kier alpha value is -2.66. The number of hydrogen-bond acceptors (Lipinski definition) is 3. The van der Waals surface area contributed by atoms with Crippen molar-refractivity contribution in [3.8, 4) is 0 Å². The second kappa shape index (κ2) is 6.74. The maximum absolute atomic E-state index is 11.5. The minimum atomic E-state index is -0.251. The predicted molar refractivity (Wildman–Crippen MR) is 110 cm³/mol. The molecule has 2 heterocycles. The summed E-state index contributed by atoms with van der Waals surface area (Å²) in [6.07, 6.45) is 4.51. The number of aryl methyl sites for hydroxylation is 3. The van der Waals surface area contributed by atoms with Crippen LogP contribution < -0.4 is 0 Å². The molecule has 144 valence electrons. The van der Waals surface area contributed by atoms with E-state index >= 15 is 0 Å². The fourth-order valence-corrected chi connectivity index (χ4v) is 5.23. The molecule has 0 N–H and O–H groups in total. The van der Waals surface area contributed by atoms with Gasteiger partial charge in [-0.05, 0) is 50.3 Å².